The van der Waals surface area contributed by atoms with Gasteiger partial charge in [0.1, 0.15) is 32.3 Å². The molecule has 9 aromatic rings. The summed E-state index contributed by atoms with van der Waals surface area (Å²) in [5.41, 5.74) is 29.0. The summed E-state index contributed by atoms with van der Waals surface area (Å²) in [4.78, 5) is 13.8. The first-order valence-electron chi connectivity index (χ1n) is 17.2. The number of phenols is 2. The Hall–Kier alpha value is -6.21. The lowest BCUT2D eigenvalue weighted by Crippen LogP contribution is -1.87. The molecule has 276 valence electrons. The van der Waals surface area contributed by atoms with Crippen LogP contribution in [-0.2, 0) is 0 Å². The van der Waals surface area contributed by atoms with Crippen LogP contribution in [0.3, 0.4) is 0 Å². The minimum Gasteiger partial charge on any atom is -0.508 e. The Labute approximate surface area is 330 Å². The van der Waals surface area contributed by atoms with Crippen LogP contribution in [0.25, 0.3) is 62.4 Å². The summed E-state index contributed by atoms with van der Waals surface area (Å²) in [7, 11) is 1.67. The number of methoxy groups -OCH3 is 1. The fraction of sp³-hybridized carbons (Fsp3) is 0.0930. The number of fused-ring (bicyclic) bond motifs is 3. The normalized spacial score (nSPS) is 10.9. The van der Waals surface area contributed by atoms with Crippen LogP contribution in [0, 0.1) is 20.8 Å². The van der Waals surface area contributed by atoms with E-state index >= 15 is 0 Å². The topological polar surface area (TPSA) is 166 Å². The van der Waals surface area contributed by atoms with E-state index in [2.05, 4.69) is 15.0 Å². The van der Waals surface area contributed by atoms with Crippen molar-refractivity contribution in [2.24, 2.45) is 0 Å². The van der Waals surface area contributed by atoms with E-state index in [1.807, 2.05) is 112 Å². The van der Waals surface area contributed by atoms with Crippen LogP contribution >= 0.6 is 34.0 Å². The Kier molecular flexibility index (Phi) is 10.6. The van der Waals surface area contributed by atoms with Crippen LogP contribution in [-0.4, -0.2) is 32.3 Å². The Bertz CT molecular complexity index is 2650. The lowest BCUT2D eigenvalue weighted by atomic mass is 10.2. The zero-order valence-corrected chi connectivity index (χ0v) is 32.9. The Morgan fingerprint density at radius 3 is 1.29 bits per heavy atom. The number of benzene rings is 6. The van der Waals surface area contributed by atoms with Crippen LogP contribution in [0.5, 0.6) is 17.2 Å². The van der Waals surface area contributed by atoms with Crippen molar-refractivity contribution >= 4 is 81.7 Å². The molecule has 12 heteroatoms. The number of aromatic nitrogens is 3. The predicted octanol–water partition coefficient (Wildman–Crippen LogP) is 11.0. The van der Waals surface area contributed by atoms with Gasteiger partial charge in [0.05, 0.1) is 37.8 Å². The molecule has 8 N–H and O–H groups in total. The maximum absolute atomic E-state index is 9.70. The van der Waals surface area contributed by atoms with Gasteiger partial charge in [0.2, 0.25) is 0 Å². The van der Waals surface area contributed by atoms with E-state index in [-0.39, 0.29) is 5.75 Å². The molecular formula is C43H38N6O3S3. The SMILES string of the molecule is COc1ccc(-c2nc3ccc(N)c(C)c3s2)cc1.Cc1c(N)ccc2nc(-c3ccc(O)cc3)sc12.Cc1c(O)ccc2nc(-c3ccc(N)cc3)sc12. The third kappa shape index (κ3) is 7.88. The van der Waals surface area contributed by atoms with Crippen molar-refractivity contribution in [3.63, 3.8) is 0 Å². The van der Waals surface area contributed by atoms with Crippen molar-refractivity contribution in [2.75, 3.05) is 24.3 Å². The molecule has 9 rings (SSSR count). The second-order valence-electron chi connectivity index (χ2n) is 12.8. The minimum atomic E-state index is 0.264. The molecule has 0 aliphatic heterocycles. The van der Waals surface area contributed by atoms with Crippen molar-refractivity contribution in [1.82, 2.24) is 15.0 Å². The highest BCUT2D eigenvalue weighted by molar-refractivity contribution is 7.22. The molecule has 0 radical (unpaired) electrons. The van der Waals surface area contributed by atoms with E-state index in [4.69, 9.17) is 21.9 Å². The second-order valence-corrected chi connectivity index (χ2v) is 15.8. The van der Waals surface area contributed by atoms with Gasteiger partial charge in [-0.05, 0) is 141 Å². The Morgan fingerprint density at radius 2 is 0.855 bits per heavy atom. The number of nitrogens with zero attached hydrogens (tertiary/aromatic N) is 3. The Morgan fingerprint density at radius 1 is 0.473 bits per heavy atom. The average Bonchev–Trinajstić information content (AvgIpc) is 3.96. The number of aryl methyl sites for hydroxylation is 3. The average molecular weight is 783 g/mol. The van der Waals surface area contributed by atoms with Crippen molar-refractivity contribution in [2.45, 2.75) is 20.8 Å². The van der Waals surface area contributed by atoms with Crippen LogP contribution in [0.1, 0.15) is 16.7 Å². The fourth-order valence-corrected chi connectivity index (χ4v) is 8.95. The number of hydrogen-bond acceptors (Lipinski definition) is 12. The highest BCUT2D eigenvalue weighted by atomic mass is 32.1. The van der Waals surface area contributed by atoms with E-state index in [0.29, 0.717) is 5.75 Å². The molecule has 0 saturated heterocycles. The van der Waals surface area contributed by atoms with Crippen LogP contribution in [0.2, 0.25) is 0 Å². The van der Waals surface area contributed by atoms with Crippen LogP contribution in [0.4, 0.5) is 17.1 Å². The van der Waals surface area contributed by atoms with Crippen molar-refractivity contribution in [3.05, 3.63) is 126 Å². The number of aromatic hydroxyl groups is 2. The molecule has 9 nitrogen and oxygen atoms in total. The molecule has 0 unspecified atom stereocenters. The third-order valence-corrected chi connectivity index (χ3v) is 12.8. The van der Waals surface area contributed by atoms with Crippen molar-refractivity contribution in [1.29, 1.82) is 0 Å². The summed E-state index contributed by atoms with van der Waals surface area (Å²) < 4.78 is 8.48. The smallest absolute Gasteiger partial charge is 0.124 e. The molecule has 0 spiro atoms. The van der Waals surface area contributed by atoms with E-state index in [1.54, 1.807) is 59.3 Å². The molecule has 0 fully saturated rings. The van der Waals surface area contributed by atoms with Crippen LogP contribution in [0.15, 0.2) is 109 Å². The molecule has 0 bridgehead atoms. The van der Waals surface area contributed by atoms with E-state index in [0.717, 1.165) is 102 Å². The van der Waals surface area contributed by atoms with E-state index in [1.165, 1.54) is 0 Å². The summed E-state index contributed by atoms with van der Waals surface area (Å²) in [6, 6.07) is 33.9. The molecule has 0 saturated carbocycles. The number of phenolic OH excluding ortho intramolecular Hbond substituents is 2. The molecule has 0 aliphatic carbocycles. The van der Waals surface area contributed by atoms with Gasteiger partial charge in [-0.3, -0.25) is 0 Å². The summed E-state index contributed by atoms with van der Waals surface area (Å²) in [5.74, 6) is 1.43. The standard InChI is InChI=1S/C15H14N2OS.2C14H12N2OS/c1-9-12(16)7-8-13-14(9)19-15(17-13)10-3-5-11(18-2)6-4-10;1-8-12(17)7-6-11-13(8)18-14(16-11)9-2-4-10(15)5-3-9;1-8-11(15)6-7-12-13(8)18-14(16-12)9-2-4-10(17)5-3-9/h3-8H,16H2,1-2H3;2*2-7,17H,15H2,1H3. The molecule has 0 aliphatic rings. The van der Waals surface area contributed by atoms with Gasteiger partial charge in [-0.1, -0.05) is 0 Å². The molecule has 0 amide bonds. The molecule has 55 heavy (non-hydrogen) atoms. The largest absolute Gasteiger partial charge is 0.508 e. The predicted molar refractivity (Wildman–Crippen MR) is 232 cm³/mol. The number of rotatable bonds is 4. The zero-order valence-electron chi connectivity index (χ0n) is 30.5. The quantitative estimate of drug-likeness (QED) is 0.109. The molecule has 3 aromatic heterocycles. The van der Waals surface area contributed by atoms with Gasteiger partial charge < -0.3 is 32.2 Å². The summed E-state index contributed by atoms with van der Waals surface area (Å²) >= 11 is 4.88. The molecular weight excluding hydrogens is 745 g/mol. The van der Waals surface area contributed by atoms with Gasteiger partial charge in [-0.15, -0.1) is 34.0 Å². The molecule has 3 heterocycles. The highest BCUT2D eigenvalue weighted by Gasteiger charge is 2.12. The molecule has 0 atom stereocenters. The second kappa shape index (κ2) is 15.6. The highest BCUT2D eigenvalue weighted by Crippen LogP contribution is 2.37. The van der Waals surface area contributed by atoms with Crippen molar-refractivity contribution in [3.8, 4) is 49.0 Å². The van der Waals surface area contributed by atoms with Gasteiger partial charge in [0.25, 0.3) is 0 Å². The van der Waals surface area contributed by atoms with Gasteiger partial charge in [-0.2, -0.15) is 0 Å². The zero-order chi connectivity index (χ0) is 38.8. The molecule has 6 aromatic carbocycles. The number of nitrogen functional groups attached to an aromatic ring is 3. The first-order chi connectivity index (χ1) is 26.5. The minimum absolute atomic E-state index is 0.264. The number of anilines is 3. The lowest BCUT2D eigenvalue weighted by Gasteiger charge is -1.99. The summed E-state index contributed by atoms with van der Waals surface area (Å²) in [6.45, 7) is 5.95. The fourth-order valence-electron chi connectivity index (χ4n) is 5.72. The van der Waals surface area contributed by atoms with Gasteiger partial charge in [0, 0.05) is 39.3 Å². The monoisotopic (exact) mass is 782 g/mol. The Balaban J connectivity index is 0.000000127. The first kappa shape index (κ1) is 37.1. The maximum atomic E-state index is 9.70. The maximum Gasteiger partial charge on any atom is 0.124 e. The summed E-state index contributed by atoms with van der Waals surface area (Å²) in [6.07, 6.45) is 0. The third-order valence-electron chi connectivity index (χ3n) is 9.08. The van der Waals surface area contributed by atoms with Gasteiger partial charge in [0.15, 0.2) is 0 Å². The van der Waals surface area contributed by atoms with E-state index in [9.17, 15) is 10.2 Å². The van der Waals surface area contributed by atoms with E-state index < -0.39 is 0 Å². The first-order valence-corrected chi connectivity index (χ1v) is 19.6. The number of nitrogens with two attached hydrogens (primary N) is 3. The number of ether oxygens (including phenoxy) is 1. The van der Waals surface area contributed by atoms with Gasteiger partial charge >= 0.3 is 0 Å². The number of thiazole rings is 3. The summed E-state index contributed by atoms with van der Waals surface area (Å²) in [5, 5.41) is 21.9. The lowest BCUT2D eigenvalue weighted by molar-refractivity contribution is 0.415. The van der Waals surface area contributed by atoms with Crippen molar-refractivity contribution < 1.29 is 14.9 Å². The van der Waals surface area contributed by atoms with Gasteiger partial charge in [-0.25, -0.2) is 15.0 Å². The van der Waals surface area contributed by atoms with Crippen LogP contribution < -0.4 is 21.9 Å². The number of hydrogen-bond donors (Lipinski definition) is 5.